The highest BCUT2D eigenvalue weighted by Gasteiger charge is 2.22. The van der Waals surface area contributed by atoms with Crippen LogP contribution < -0.4 is 9.04 Å². The van der Waals surface area contributed by atoms with Gasteiger partial charge in [0.25, 0.3) is 15.9 Å². The molecule has 0 aliphatic carbocycles. The van der Waals surface area contributed by atoms with Crippen molar-refractivity contribution >= 4 is 21.6 Å². The predicted octanol–water partition coefficient (Wildman–Crippen LogP) is 4.10. The minimum Gasteiger partial charge on any atom is -0.497 e. The number of hydrogen-bond donors (Lipinski definition) is 0. The van der Waals surface area contributed by atoms with Crippen molar-refractivity contribution in [2.75, 3.05) is 25.5 Å². The van der Waals surface area contributed by atoms with E-state index >= 15 is 0 Å². The number of benzene rings is 3. The topological polar surface area (TPSA) is 66.9 Å². The molecule has 0 heterocycles. The molecule has 0 aliphatic rings. The number of aryl methyl sites for hydroxylation is 1. The van der Waals surface area contributed by atoms with Crippen LogP contribution in [0.5, 0.6) is 5.75 Å². The van der Waals surface area contributed by atoms with Gasteiger partial charge in [0.2, 0.25) is 0 Å². The van der Waals surface area contributed by atoms with Gasteiger partial charge in [0.05, 0.1) is 17.7 Å². The average molecular weight is 439 g/mol. The van der Waals surface area contributed by atoms with E-state index in [1.165, 1.54) is 30.6 Å². The standard InChI is InChI=1S/C24H26N2O4S/c1-18-7-5-8-19(15-18)17-25(2)24(27)20-9-6-10-21(16-20)26(3)31(28,29)23-13-11-22(30-4)12-14-23/h5-16H,17H2,1-4H3. The molecule has 0 bridgehead atoms. The van der Waals surface area contributed by atoms with Gasteiger partial charge in [-0.2, -0.15) is 0 Å². The molecule has 0 fully saturated rings. The Labute approximate surface area is 183 Å². The van der Waals surface area contributed by atoms with Crippen molar-refractivity contribution in [3.8, 4) is 5.75 Å². The summed E-state index contributed by atoms with van der Waals surface area (Å²) in [6, 6.07) is 20.8. The molecule has 0 atom stereocenters. The van der Waals surface area contributed by atoms with Crippen LogP contribution >= 0.6 is 0 Å². The molecule has 0 radical (unpaired) electrons. The van der Waals surface area contributed by atoms with Crippen molar-refractivity contribution in [2.24, 2.45) is 0 Å². The minimum absolute atomic E-state index is 0.143. The first-order chi connectivity index (χ1) is 14.7. The largest absolute Gasteiger partial charge is 0.497 e. The molecule has 3 aromatic rings. The third-order valence-corrected chi connectivity index (χ3v) is 6.82. The van der Waals surface area contributed by atoms with E-state index in [0.717, 1.165) is 11.1 Å². The fourth-order valence-corrected chi connectivity index (χ4v) is 4.44. The molecule has 0 spiro atoms. The SMILES string of the molecule is COc1ccc(S(=O)(=O)N(C)c2cccc(C(=O)N(C)Cc3cccc(C)c3)c2)cc1. The average Bonchev–Trinajstić information content (AvgIpc) is 2.78. The first-order valence-corrected chi connectivity index (χ1v) is 11.2. The molecular weight excluding hydrogens is 412 g/mol. The lowest BCUT2D eigenvalue weighted by atomic mass is 10.1. The van der Waals surface area contributed by atoms with E-state index in [-0.39, 0.29) is 10.8 Å². The number of carbonyl (C=O) groups is 1. The number of anilines is 1. The summed E-state index contributed by atoms with van der Waals surface area (Å²) in [4.78, 5) is 14.7. The molecule has 7 heteroatoms. The van der Waals surface area contributed by atoms with Crippen molar-refractivity contribution in [3.63, 3.8) is 0 Å². The maximum atomic E-state index is 13.0. The van der Waals surface area contributed by atoms with Crippen LogP contribution in [0.4, 0.5) is 5.69 Å². The van der Waals surface area contributed by atoms with Gasteiger partial charge in [-0.15, -0.1) is 0 Å². The Morgan fingerprint density at radius 1 is 0.935 bits per heavy atom. The van der Waals surface area contributed by atoms with Crippen LogP contribution in [-0.4, -0.2) is 40.4 Å². The molecule has 0 aromatic heterocycles. The first-order valence-electron chi connectivity index (χ1n) is 9.76. The molecule has 0 aliphatic heterocycles. The van der Waals surface area contributed by atoms with E-state index in [0.29, 0.717) is 23.5 Å². The summed E-state index contributed by atoms with van der Waals surface area (Å²) in [6.07, 6.45) is 0. The number of hydrogen-bond acceptors (Lipinski definition) is 4. The van der Waals surface area contributed by atoms with Crippen molar-refractivity contribution in [3.05, 3.63) is 89.5 Å². The van der Waals surface area contributed by atoms with Gasteiger partial charge in [0, 0.05) is 26.2 Å². The van der Waals surface area contributed by atoms with Crippen LogP contribution in [0.2, 0.25) is 0 Å². The zero-order chi connectivity index (χ0) is 22.6. The fourth-order valence-electron chi connectivity index (χ4n) is 3.26. The number of amides is 1. The number of ether oxygens (including phenoxy) is 1. The minimum atomic E-state index is -3.78. The van der Waals surface area contributed by atoms with Crippen LogP contribution in [0.15, 0.2) is 77.7 Å². The second-order valence-corrected chi connectivity index (χ2v) is 9.32. The van der Waals surface area contributed by atoms with Gasteiger partial charge in [-0.25, -0.2) is 8.42 Å². The van der Waals surface area contributed by atoms with Crippen molar-refractivity contribution < 1.29 is 17.9 Å². The number of nitrogens with zero attached hydrogens (tertiary/aromatic N) is 2. The zero-order valence-electron chi connectivity index (χ0n) is 18.1. The highest BCUT2D eigenvalue weighted by Crippen LogP contribution is 2.25. The van der Waals surface area contributed by atoms with Gasteiger partial charge < -0.3 is 9.64 Å². The Kier molecular flexibility index (Phi) is 6.65. The van der Waals surface area contributed by atoms with Gasteiger partial charge in [-0.1, -0.05) is 35.9 Å². The van der Waals surface area contributed by atoms with Gasteiger partial charge in [0.1, 0.15) is 5.75 Å². The predicted molar refractivity (Wildman–Crippen MR) is 122 cm³/mol. The van der Waals surface area contributed by atoms with Crippen molar-refractivity contribution in [1.29, 1.82) is 0 Å². The molecule has 0 saturated carbocycles. The second-order valence-electron chi connectivity index (χ2n) is 7.35. The zero-order valence-corrected chi connectivity index (χ0v) is 18.9. The van der Waals surface area contributed by atoms with E-state index in [1.54, 1.807) is 48.3 Å². The highest BCUT2D eigenvalue weighted by atomic mass is 32.2. The number of sulfonamides is 1. The van der Waals surface area contributed by atoms with Crippen LogP contribution in [0.3, 0.4) is 0 Å². The van der Waals surface area contributed by atoms with E-state index in [4.69, 9.17) is 4.74 Å². The summed E-state index contributed by atoms with van der Waals surface area (Å²) >= 11 is 0. The Morgan fingerprint density at radius 3 is 2.26 bits per heavy atom. The molecule has 0 N–H and O–H groups in total. The van der Waals surface area contributed by atoms with Gasteiger partial charge in [-0.05, 0) is 55.0 Å². The molecule has 3 rings (SSSR count). The lowest BCUT2D eigenvalue weighted by molar-refractivity contribution is 0.0785. The van der Waals surface area contributed by atoms with Crippen LogP contribution in [-0.2, 0) is 16.6 Å². The van der Waals surface area contributed by atoms with E-state index in [1.807, 2.05) is 31.2 Å². The van der Waals surface area contributed by atoms with Crippen molar-refractivity contribution in [2.45, 2.75) is 18.4 Å². The number of methoxy groups -OCH3 is 1. The lowest BCUT2D eigenvalue weighted by Crippen LogP contribution is -2.28. The third-order valence-electron chi connectivity index (χ3n) is 5.02. The summed E-state index contributed by atoms with van der Waals surface area (Å²) in [7, 11) is 0.945. The quantitative estimate of drug-likeness (QED) is 0.557. The Morgan fingerprint density at radius 2 is 1.61 bits per heavy atom. The number of rotatable bonds is 7. The molecule has 3 aromatic carbocycles. The summed E-state index contributed by atoms with van der Waals surface area (Å²) in [5, 5.41) is 0. The highest BCUT2D eigenvalue weighted by molar-refractivity contribution is 7.92. The second kappa shape index (κ2) is 9.22. The Balaban J connectivity index is 1.81. The lowest BCUT2D eigenvalue weighted by Gasteiger charge is -2.22. The van der Waals surface area contributed by atoms with E-state index < -0.39 is 10.0 Å². The molecule has 1 amide bonds. The monoisotopic (exact) mass is 438 g/mol. The summed E-state index contributed by atoms with van der Waals surface area (Å²) in [5.41, 5.74) is 2.99. The maximum absolute atomic E-state index is 13.0. The van der Waals surface area contributed by atoms with Crippen LogP contribution in [0.1, 0.15) is 21.5 Å². The van der Waals surface area contributed by atoms with Gasteiger partial charge >= 0.3 is 0 Å². The maximum Gasteiger partial charge on any atom is 0.264 e. The normalized spacial score (nSPS) is 11.1. The van der Waals surface area contributed by atoms with Gasteiger partial charge in [-0.3, -0.25) is 9.10 Å². The van der Waals surface area contributed by atoms with E-state index in [2.05, 4.69) is 0 Å². The Bertz CT molecular complexity index is 1170. The molecular formula is C24H26N2O4S. The third kappa shape index (κ3) is 5.06. The summed E-state index contributed by atoms with van der Waals surface area (Å²) in [6.45, 7) is 2.47. The number of carbonyl (C=O) groups excluding carboxylic acids is 1. The van der Waals surface area contributed by atoms with Crippen LogP contribution in [0.25, 0.3) is 0 Å². The molecule has 162 valence electrons. The van der Waals surface area contributed by atoms with Crippen LogP contribution in [0, 0.1) is 6.92 Å². The van der Waals surface area contributed by atoms with Gasteiger partial charge in [0.15, 0.2) is 0 Å². The summed E-state index contributed by atoms with van der Waals surface area (Å²) in [5.74, 6) is 0.393. The Hall–Kier alpha value is -3.32. The summed E-state index contributed by atoms with van der Waals surface area (Å²) < 4.78 is 32.3. The van der Waals surface area contributed by atoms with Crippen molar-refractivity contribution in [1.82, 2.24) is 4.90 Å². The van der Waals surface area contributed by atoms with E-state index in [9.17, 15) is 13.2 Å². The smallest absolute Gasteiger partial charge is 0.264 e. The molecule has 31 heavy (non-hydrogen) atoms. The fraction of sp³-hybridized carbons (Fsp3) is 0.208. The molecule has 0 unspecified atom stereocenters. The first kappa shape index (κ1) is 22.4. The molecule has 6 nitrogen and oxygen atoms in total. The molecule has 0 saturated heterocycles.